The first-order valence-corrected chi connectivity index (χ1v) is 3.82. The number of hydrogen-bond donors (Lipinski definition) is 1. The SMILES string of the molecule is C=CC(=O)N1CC(NC(C)=O)C1. The van der Waals surface area contributed by atoms with Crippen LogP contribution in [0, 0.1) is 0 Å². The highest BCUT2D eigenvalue weighted by molar-refractivity contribution is 5.88. The molecule has 0 bridgehead atoms. The lowest BCUT2D eigenvalue weighted by molar-refractivity contribution is -0.133. The Labute approximate surface area is 71.2 Å². The number of rotatable bonds is 2. The Balaban J connectivity index is 2.24. The average molecular weight is 168 g/mol. The molecule has 2 amide bonds. The third kappa shape index (κ3) is 1.84. The number of likely N-dealkylation sites (tertiary alicyclic amines) is 1. The van der Waals surface area contributed by atoms with Crippen LogP contribution < -0.4 is 5.32 Å². The highest BCUT2D eigenvalue weighted by Crippen LogP contribution is 2.07. The van der Waals surface area contributed by atoms with Crippen LogP contribution in [0.25, 0.3) is 0 Å². The summed E-state index contributed by atoms with van der Waals surface area (Å²) in [6.45, 7) is 6.04. The second-order valence-corrected chi connectivity index (χ2v) is 2.84. The highest BCUT2D eigenvalue weighted by atomic mass is 16.2. The van der Waals surface area contributed by atoms with Crippen molar-refractivity contribution in [3.8, 4) is 0 Å². The summed E-state index contributed by atoms with van der Waals surface area (Å²) in [4.78, 5) is 23.1. The number of nitrogens with one attached hydrogen (secondary N) is 1. The Kier molecular flexibility index (Phi) is 2.47. The van der Waals surface area contributed by atoms with Crippen LogP contribution in [0.5, 0.6) is 0 Å². The first-order chi connectivity index (χ1) is 5.63. The van der Waals surface area contributed by atoms with Crippen LogP contribution in [0.3, 0.4) is 0 Å². The normalized spacial score (nSPS) is 16.6. The summed E-state index contributed by atoms with van der Waals surface area (Å²) in [6, 6.07) is 0.131. The third-order valence-corrected chi connectivity index (χ3v) is 1.78. The topological polar surface area (TPSA) is 49.4 Å². The summed E-state index contributed by atoms with van der Waals surface area (Å²) in [6.07, 6.45) is 1.28. The van der Waals surface area contributed by atoms with Gasteiger partial charge >= 0.3 is 0 Å². The van der Waals surface area contributed by atoms with Gasteiger partial charge in [0.2, 0.25) is 11.8 Å². The molecule has 0 aromatic carbocycles. The number of carbonyl (C=O) groups is 2. The van der Waals surface area contributed by atoms with Crippen molar-refractivity contribution < 1.29 is 9.59 Å². The summed E-state index contributed by atoms with van der Waals surface area (Å²) in [7, 11) is 0. The molecule has 0 spiro atoms. The van der Waals surface area contributed by atoms with E-state index in [0.29, 0.717) is 13.1 Å². The molecule has 0 atom stereocenters. The molecule has 12 heavy (non-hydrogen) atoms. The first-order valence-electron chi connectivity index (χ1n) is 3.82. The molecule has 0 aliphatic carbocycles. The Bertz CT molecular complexity index is 219. The van der Waals surface area contributed by atoms with Crippen molar-refractivity contribution in [2.75, 3.05) is 13.1 Å². The minimum absolute atomic E-state index is 0.0503. The van der Waals surface area contributed by atoms with Gasteiger partial charge in [0.25, 0.3) is 0 Å². The molecule has 1 aliphatic rings. The van der Waals surface area contributed by atoms with E-state index < -0.39 is 0 Å². The van der Waals surface area contributed by atoms with Gasteiger partial charge in [-0.1, -0.05) is 6.58 Å². The van der Waals surface area contributed by atoms with Crippen molar-refractivity contribution in [1.82, 2.24) is 10.2 Å². The van der Waals surface area contributed by atoms with E-state index in [-0.39, 0.29) is 17.9 Å². The van der Waals surface area contributed by atoms with E-state index >= 15 is 0 Å². The van der Waals surface area contributed by atoms with Crippen molar-refractivity contribution in [3.05, 3.63) is 12.7 Å². The average Bonchev–Trinajstić information content (AvgIpc) is 1.94. The van der Waals surface area contributed by atoms with Gasteiger partial charge in [-0.05, 0) is 6.08 Å². The van der Waals surface area contributed by atoms with Gasteiger partial charge in [0, 0.05) is 20.0 Å². The molecule has 0 radical (unpaired) electrons. The minimum Gasteiger partial charge on any atom is -0.350 e. The fourth-order valence-corrected chi connectivity index (χ4v) is 1.17. The zero-order valence-electron chi connectivity index (χ0n) is 7.04. The standard InChI is InChI=1S/C8H12N2O2/c1-3-8(12)10-4-7(5-10)9-6(2)11/h3,7H,1,4-5H2,2H3,(H,9,11). The Morgan fingerprint density at radius 3 is 2.58 bits per heavy atom. The molecule has 0 unspecified atom stereocenters. The smallest absolute Gasteiger partial charge is 0.246 e. The molecule has 0 saturated carbocycles. The Hall–Kier alpha value is -1.32. The van der Waals surface area contributed by atoms with Crippen LogP contribution in [-0.2, 0) is 9.59 Å². The maximum absolute atomic E-state index is 10.9. The zero-order chi connectivity index (χ0) is 9.14. The van der Waals surface area contributed by atoms with Crippen molar-refractivity contribution in [2.24, 2.45) is 0 Å². The summed E-state index contributed by atoms with van der Waals surface area (Å²) < 4.78 is 0. The van der Waals surface area contributed by atoms with Gasteiger partial charge in [0.1, 0.15) is 0 Å². The van der Waals surface area contributed by atoms with Gasteiger partial charge in [-0.3, -0.25) is 9.59 Å². The summed E-state index contributed by atoms with van der Waals surface area (Å²) >= 11 is 0. The largest absolute Gasteiger partial charge is 0.350 e. The van der Waals surface area contributed by atoms with Gasteiger partial charge in [0.15, 0.2) is 0 Å². The van der Waals surface area contributed by atoms with Crippen LogP contribution >= 0.6 is 0 Å². The van der Waals surface area contributed by atoms with E-state index in [9.17, 15) is 9.59 Å². The number of hydrogen-bond acceptors (Lipinski definition) is 2. The molecule has 1 N–H and O–H groups in total. The van der Waals surface area contributed by atoms with E-state index in [1.54, 1.807) is 4.90 Å². The molecule has 0 aromatic rings. The third-order valence-electron chi connectivity index (χ3n) is 1.78. The molecule has 1 rings (SSSR count). The molecule has 1 fully saturated rings. The van der Waals surface area contributed by atoms with E-state index in [4.69, 9.17) is 0 Å². The van der Waals surface area contributed by atoms with Crippen LogP contribution in [0.2, 0.25) is 0 Å². The molecule has 1 saturated heterocycles. The molecular formula is C8H12N2O2. The Morgan fingerprint density at radius 1 is 1.58 bits per heavy atom. The summed E-state index contributed by atoms with van der Waals surface area (Å²) in [5.41, 5.74) is 0. The number of nitrogens with zero attached hydrogens (tertiary/aromatic N) is 1. The number of carbonyl (C=O) groups excluding carboxylic acids is 2. The quantitative estimate of drug-likeness (QED) is 0.566. The van der Waals surface area contributed by atoms with Crippen LogP contribution in [0.4, 0.5) is 0 Å². The van der Waals surface area contributed by atoms with Gasteiger partial charge < -0.3 is 10.2 Å². The lowest BCUT2D eigenvalue weighted by Crippen LogP contribution is -2.60. The van der Waals surface area contributed by atoms with Crippen LogP contribution in [0.15, 0.2) is 12.7 Å². The van der Waals surface area contributed by atoms with Crippen LogP contribution in [0.1, 0.15) is 6.92 Å². The Morgan fingerprint density at radius 2 is 2.17 bits per heavy atom. The molecule has 4 nitrogen and oxygen atoms in total. The first kappa shape index (κ1) is 8.77. The molecule has 66 valence electrons. The molecule has 0 aromatic heterocycles. The highest BCUT2D eigenvalue weighted by Gasteiger charge is 2.29. The zero-order valence-corrected chi connectivity index (χ0v) is 7.04. The minimum atomic E-state index is -0.0726. The number of amides is 2. The van der Waals surface area contributed by atoms with Crippen molar-refractivity contribution in [3.63, 3.8) is 0 Å². The molecule has 1 heterocycles. The van der Waals surface area contributed by atoms with E-state index in [1.165, 1.54) is 13.0 Å². The van der Waals surface area contributed by atoms with Gasteiger partial charge in [-0.2, -0.15) is 0 Å². The van der Waals surface area contributed by atoms with Crippen molar-refractivity contribution >= 4 is 11.8 Å². The van der Waals surface area contributed by atoms with E-state index in [1.807, 2.05) is 0 Å². The molecule has 1 aliphatic heterocycles. The van der Waals surface area contributed by atoms with E-state index in [2.05, 4.69) is 11.9 Å². The fraction of sp³-hybridized carbons (Fsp3) is 0.500. The predicted octanol–water partition coefficient (Wildman–Crippen LogP) is -0.481. The van der Waals surface area contributed by atoms with E-state index in [0.717, 1.165) is 0 Å². The lowest BCUT2D eigenvalue weighted by atomic mass is 10.1. The molecular weight excluding hydrogens is 156 g/mol. The maximum atomic E-state index is 10.9. The second-order valence-electron chi connectivity index (χ2n) is 2.84. The van der Waals surface area contributed by atoms with Gasteiger partial charge in [0.05, 0.1) is 6.04 Å². The van der Waals surface area contributed by atoms with Gasteiger partial charge in [-0.15, -0.1) is 0 Å². The van der Waals surface area contributed by atoms with Gasteiger partial charge in [-0.25, -0.2) is 0 Å². The monoisotopic (exact) mass is 168 g/mol. The second kappa shape index (κ2) is 3.38. The molecule has 4 heteroatoms. The van der Waals surface area contributed by atoms with Crippen LogP contribution in [-0.4, -0.2) is 35.8 Å². The fourth-order valence-electron chi connectivity index (χ4n) is 1.17. The summed E-state index contributed by atoms with van der Waals surface area (Å²) in [5.74, 6) is -0.123. The predicted molar refractivity (Wildman–Crippen MR) is 44.4 cm³/mol. The van der Waals surface area contributed by atoms with Crippen molar-refractivity contribution in [1.29, 1.82) is 0 Å². The van der Waals surface area contributed by atoms with Crippen molar-refractivity contribution in [2.45, 2.75) is 13.0 Å². The summed E-state index contributed by atoms with van der Waals surface area (Å²) in [5, 5.41) is 2.72. The maximum Gasteiger partial charge on any atom is 0.246 e. The lowest BCUT2D eigenvalue weighted by Gasteiger charge is -2.38.